The zero-order valence-electron chi connectivity index (χ0n) is 22.2. The molecule has 186 valence electrons. The van der Waals surface area contributed by atoms with Gasteiger partial charge in [0.05, 0.1) is 23.3 Å². The predicted octanol–water partition coefficient (Wildman–Crippen LogP) is 7.15. The number of hydrogen-bond donors (Lipinski definition) is 0. The standard InChI is InChI=1S/C30H36N4P2/c1-29(2,3)36(30(4,5)6)22-25-13-12-24(23-10-8-7-9-11-23)18-26(25)21-35(27-19-31-14-16-33-27)28-20-32-15-17-34-28/h7-20H,21-22H2,1-6H3. The van der Waals surface area contributed by atoms with Crippen LogP contribution in [0.25, 0.3) is 11.1 Å². The van der Waals surface area contributed by atoms with E-state index in [-0.39, 0.29) is 18.2 Å². The Morgan fingerprint density at radius 2 is 1.19 bits per heavy atom. The Hall–Kier alpha value is -2.54. The molecule has 0 aliphatic carbocycles. The Kier molecular flexibility index (Phi) is 8.28. The van der Waals surface area contributed by atoms with Gasteiger partial charge in [0.1, 0.15) is 0 Å². The summed E-state index contributed by atoms with van der Waals surface area (Å²) in [4.78, 5) is 18.2. The van der Waals surface area contributed by atoms with Crippen LogP contribution in [0.15, 0.2) is 85.7 Å². The topological polar surface area (TPSA) is 51.6 Å². The largest absolute Gasteiger partial charge is 0.261 e. The van der Waals surface area contributed by atoms with E-state index in [1.807, 2.05) is 12.4 Å². The molecule has 4 nitrogen and oxygen atoms in total. The van der Waals surface area contributed by atoms with Gasteiger partial charge < -0.3 is 0 Å². The summed E-state index contributed by atoms with van der Waals surface area (Å²) in [6.45, 7) is 14.4. The van der Waals surface area contributed by atoms with Crippen LogP contribution >= 0.6 is 15.8 Å². The first-order chi connectivity index (χ1) is 17.1. The van der Waals surface area contributed by atoms with Crippen LogP contribution in [-0.2, 0) is 12.3 Å². The minimum Gasteiger partial charge on any atom is -0.261 e. The molecule has 0 atom stereocenters. The first-order valence-electron chi connectivity index (χ1n) is 12.4. The normalized spacial score (nSPS) is 12.3. The fourth-order valence-corrected chi connectivity index (χ4v) is 10.3. The van der Waals surface area contributed by atoms with Crippen molar-refractivity contribution in [3.8, 4) is 11.1 Å². The molecule has 4 rings (SSSR count). The molecule has 0 amide bonds. The minimum absolute atomic E-state index is 0.253. The molecular formula is C30H36N4P2. The van der Waals surface area contributed by atoms with E-state index < -0.39 is 7.92 Å². The van der Waals surface area contributed by atoms with Gasteiger partial charge in [0.15, 0.2) is 0 Å². The maximum atomic E-state index is 4.70. The Bertz CT molecular complexity index is 1200. The predicted molar refractivity (Wildman–Crippen MR) is 156 cm³/mol. The van der Waals surface area contributed by atoms with Crippen molar-refractivity contribution in [2.24, 2.45) is 0 Å². The SMILES string of the molecule is CC(C)(C)P(Cc1ccc(-c2ccccc2)cc1CP(c1cnccn1)c1cnccn1)C(C)(C)C. The number of nitrogens with zero attached hydrogens (tertiary/aromatic N) is 4. The van der Waals surface area contributed by atoms with Crippen LogP contribution in [0.2, 0.25) is 0 Å². The van der Waals surface area contributed by atoms with Gasteiger partial charge in [-0.1, -0.05) is 98.0 Å². The average Bonchev–Trinajstić information content (AvgIpc) is 2.86. The first-order valence-corrected chi connectivity index (χ1v) is 15.4. The van der Waals surface area contributed by atoms with Crippen LogP contribution in [0, 0.1) is 0 Å². The third kappa shape index (κ3) is 6.61. The smallest absolute Gasteiger partial charge is 0.0877 e. The molecule has 0 fully saturated rings. The maximum absolute atomic E-state index is 4.70. The van der Waals surface area contributed by atoms with Crippen molar-refractivity contribution >= 4 is 26.7 Å². The molecule has 0 saturated heterocycles. The molecule has 0 aliphatic rings. The van der Waals surface area contributed by atoms with Crippen molar-refractivity contribution in [3.05, 3.63) is 96.8 Å². The molecule has 36 heavy (non-hydrogen) atoms. The molecule has 4 aromatic rings. The van der Waals surface area contributed by atoms with Gasteiger partial charge in [-0.2, -0.15) is 0 Å². The van der Waals surface area contributed by atoms with Crippen LogP contribution in [0.5, 0.6) is 0 Å². The molecule has 2 heterocycles. The van der Waals surface area contributed by atoms with Crippen LogP contribution in [0.3, 0.4) is 0 Å². The van der Waals surface area contributed by atoms with Crippen molar-refractivity contribution in [3.63, 3.8) is 0 Å². The van der Waals surface area contributed by atoms with E-state index in [2.05, 4.69) is 100 Å². The highest BCUT2D eigenvalue weighted by Gasteiger charge is 2.34. The number of rotatable bonds is 7. The van der Waals surface area contributed by atoms with E-state index >= 15 is 0 Å². The van der Waals surface area contributed by atoms with Gasteiger partial charge in [0.25, 0.3) is 0 Å². The molecule has 0 spiro atoms. The summed E-state index contributed by atoms with van der Waals surface area (Å²) in [7, 11) is -1.13. The van der Waals surface area contributed by atoms with E-state index in [1.165, 1.54) is 22.3 Å². The third-order valence-electron chi connectivity index (χ3n) is 6.24. The second-order valence-corrected chi connectivity index (χ2v) is 16.9. The summed E-state index contributed by atoms with van der Waals surface area (Å²) in [5, 5.41) is 0.507. The summed E-state index contributed by atoms with van der Waals surface area (Å²) < 4.78 is 0. The summed E-state index contributed by atoms with van der Waals surface area (Å²) in [6, 6.07) is 17.7. The van der Waals surface area contributed by atoms with Gasteiger partial charge in [-0.15, -0.1) is 0 Å². The van der Waals surface area contributed by atoms with Crippen LogP contribution in [0.1, 0.15) is 52.7 Å². The summed E-state index contributed by atoms with van der Waals surface area (Å²) in [6.07, 6.45) is 12.7. The minimum atomic E-state index is -0.846. The van der Waals surface area contributed by atoms with Gasteiger partial charge in [0.2, 0.25) is 0 Å². The fourth-order valence-electron chi connectivity index (χ4n) is 4.70. The Labute approximate surface area is 218 Å². The van der Waals surface area contributed by atoms with Crippen molar-refractivity contribution in [1.29, 1.82) is 0 Å². The third-order valence-corrected chi connectivity index (χ3v) is 12.4. The first kappa shape index (κ1) is 26.5. The molecule has 0 bridgehead atoms. The highest BCUT2D eigenvalue weighted by molar-refractivity contribution is 7.71. The van der Waals surface area contributed by atoms with E-state index in [0.29, 0.717) is 0 Å². The van der Waals surface area contributed by atoms with Gasteiger partial charge in [-0.05, 0) is 38.7 Å². The second kappa shape index (κ2) is 11.2. The van der Waals surface area contributed by atoms with E-state index in [4.69, 9.17) is 9.97 Å². The zero-order chi connectivity index (χ0) is 25.8. The van der Waals surface area contributed by atoms with Crippen molar-refractivity contribution < 1.29 is 0 Å². The maximum Gasteiger partial charge on any atom is 0.0877 e. The second-order valence-electron chi connectivity index (χ2n) is 11.0. The number of benzene rings is 2. The van der Waals surface area contributed by atoms with E-state index in [0.717, 1.165) is 23.2 Å². The highest BCUT2D eigenvalue weighted by Crippen LogP contribution is 2.61. The van der Waals surface area contributed by atoms with Crippen molar-refractivity contribution in [1.82, 2.24) is 19.9 Å². The molecule has 0 saturated carbocycles. The van der Waals surface area contributed by atoms with Crippen LogP contribution in [0.4, 0.5) is 0 Å². The lowest BCUT2D eigenvalue weighted by molar-refractivity contribution is 0.702. The summed E-state index contributed by atoms with van der Waals surface area (Å²) >= 11 is 0. The Morgan fingerprint density at radius 1 is 0.611 bits per heavy atom. The number of aromatic nitrogens is 4. The lowest BCUT2D eigenvalue weighted by atomic mass is 10.0. The molecule has 2 aromatic carbocycles. The highest BCUT2D eigenvalue weighted by atomic mass is 31.1. The lowest BCUT2D eigenvalue weighted by Crippen LogP contribution is -2.26. The lowest BCUT2D eigenvalue weighted by Gasteiger charge is -2.42. The monoisotopic (exact) mass is 514 g/mol. The Morgan fingerprint density at radius 3 is 1.69 bits per heavy atom. The molecule has 0 radical (unpaired) electrons. The number of hydrogen-bond acceptors (Lipinski definition) is 4. The van der Waals surface area contributed by atoms with Gasteiger partial charge in [-0.3, -0.25) is 19.9 Å². The zero-order valence-corrected chi connectivity index (χ0v) is 24.0. The Balaban J connectivity index is 1.82. The quantitative estimate of drug-likeness (QED) is 0.246. The van der Waals surface area contributed by atoms with E-state index in [1.54, 1.807) is 24.8 Å². The summed E-state index contributed by atoms with van der Waals surface area (Å²) in [5.74, 6) is 0. The van der Waals surface area contributed by atoms with Crippen LogP contribution < -0.4 is 10.9 Å². The van der Waals surface area contributed by atoms with Gasteiger partial charge in [0, 0.05) is 38.9 Å². The van der Waals surface area contributed by atoms with Crippen molar-refractivity contribution in [2.75, 3.05) is 0 Å². The molecule has 0 unspecified atom stereocenters. The average molecular weight is 515 g/mol. The van der Waals surface area contributed by atoms with Crippen LogP contribution in [-0.4, -0.2) is 30.2 Å². The van der Waals surface area contributed by atoms with Gasteiger partial charge in [-0.25, -0.2) is 0 Å². The molecule has 0 aliphatic heterocycles. The van der Waals surface area contributed by atoms with Crippen molar-refractivity contribution in [2.45, 2.75) is 64.2 Å². The van der Waals surface area contributed by atoms with Gasteiger partial charge >= 0.3 is 0 Å². The fraction of sp³-hybridized carbons (Fsp3) is 0.333. The molecule has 6 heteroatoms. The summed E-state index contributed by atoms with van der Waals surface area (Å²) in [5.41, 5.74) is 7.27. The van der Waals surface area contributed by atoms with E-state index in [9.17, 15) is 0 Å². The molecule has 0 N–H and O–H groups in total. The molecular weight excluding hydrogens is 478 g/mol. The molecule has 2 aromatic heterocycles.